The highest BCUT2D eigenvalue weighted by molar-refractivity contribution is 5.73. The third-order valence-corrected chi connectivity index (χ3v) is 3.92. The SMILES string of the molecule is O=C(NCCCOCc1ccccc1)NC[C@@H]1COc2ccccc2O1. The topological polar surface area (TPSA) is 68.8 Å². The van der Waals surface area contributed by atoms with Gasteiger partial charge in [-0.15, -0.1) is 0 Å². The number of carbonyl (C=O) groups excluding carboxylic acids is 1. The summed E-state index contributed by atoms with van der Waals surface area (Å²) < 4.78 is 17.0. The molecule has 26 heavy (non-hydrogen) atoms. The van der Waals surface area contributed by atoms with Crippen molar-refractivity contribution in [3.05, 3.63) is 60.2 Å². The molecule has 6 nitrogen and oxygen atoms in total. The zero-order valence-corrected chi connectivity index (χ0v) is 14.6. The van der Waals surface area contributed by atoms with Crippen LogP contribution < -0.4 is 20.1 Å². The van der Waals surface area contributed by atoms with E-state index in [-0.39, 0.29) is 12.1 Å². The Balaban J connectivity index is 1.24. The third-order valence-electron chi connectivity index (χ3n) is 3.92. The number of carbonyl (C=O) groups is 1. The molecule has 3 rings (SSSR count). The zero-order chi connectivity index (χ0) is 18.0. The Hall–Kier alpha value is -2.73. The van der Waals surface area contributed by atoms with Gasteiger partial charge in [-0.2, -0.15) is 0 Å². The van der Waals surface area contributed by atoms with Gasteiger partial charge in [-0.25, -0.2) is 4.79 Å². The Morgan fingerprint density at radius 3 is 2.65 bits per heavy atom. The summed E-state index contributed by atoms with van der Waals surface area (Å²) in [5, 5.41) is 5.62. The van der Waals surface area contributed by atoms with E-state index in [4.69, 9.17) is 14.2 Å². The number of hydrogen-bond acceptors (Lipinski definition) is 4. The Labute approximate surface area is 153 Å². The van der Waals surface area contributed by atoms with E-state index in [9.17, 15) is 4.79 Å². The molecule has 1 aliphatic heterocycles. The fourth-order valence-corrected chi connectivity index (χ4v) is 2.57. The van der Waals surface area contributed by atoms with Crippen LogP contribution in [0, 0.1) is 0 Å². The van der Waals surface area contributed by atoms with Gasteiger partial charge < -0.3 is 24.8 Å². The molecule has 0 unspecified atom stereocenters. The van der Waals surface area contributed by atoms with Crippen LogP contribution in [-0.4, -0.2) is 38.4 Å². The minimum absolute atomic E-state index is 0.190. The molecule has 6 heteroatoms. The highest BCUT2D eigenvalue weighted by atomic mass is 16.6. The van der Waals surface area contributed by atoms with Gasteiger partial charge in [0.1, 0.15) is 6.61 Å². The van der Waals surface area contributed by atoms with Gasteiger partial charge in [0.15, 0.2) is 17.6 Å². The standard InChI is InChI=1S/C20H24N2O4/c23-20(21-11-6-12-24-14-16-7-2-1-3-8-16)22-13-17-15-25-18-9-4-5-10-19(18)26-17/h1-5,7-10,17H,6,11-15H2,(H2,21,22,23)/t17-/m1/s1. The minimum Gasteiger partial charge on any atom is -0.486 e. The number of ether oxygens (including phenoxy) is 3. The summed E-state index contributed by atoms with van der Waals surface area (Å²) in [5.74, 6) is 1.45. The van der Waals surface area contributed by atoms with E-state index >= 15 is 0 Å². The second-order valence-electron chi connectivity index (χ2n) is 6.03. The Bertz CT molecular complexity index is 693. The number of amides is 2. The Morgan fingerprint density at radius 1 is 1.04 bits per heavy atom. The first kappa shape index (κ1) is 18.1. The number of fused-ring (bicyclic) bond motifs is 1. The number of rotatable bonds is 8. The summed E-state index contributed by atoms with van der Waals surface area (Å²) in [6.45, 7) is 2.57. The maximum Gasteiger partial charge on any atom is 0.314 e. The fraction of sp³-hybridized carbons (Fsp3) is 0.350. The number of hydrogen-bond donors (Lipinski definition) is 2. The number of para-hydroxylation sites is 2. The highest BCUT2D eigenvalue weighted by Gasteiger charge is 2.20. The molecule has 0 aliphatic carbocycles. The minimum atomic E-state index is -0.212. The van der Waals surface area contributed by atoms with Gasteiger partial charge in [0.25, 0.3) is 0 Å². The molecule has 0 saturated heterocycles. The van der Waals surface area contributed by atoms with Gasteiger partial charge in [-0.3, -0.25) is 0 Å². The van der Waals surface area contributed by atoms with Crippen LogP contribution in [0.5, 0.6) is 11.5 Å². The third kappa shape index (κ3) is 5.67. The molecular weight excluding hydrogens is 332 g/mol. The maximum absolute atomic E-state index is 11.8. The van der Waals surface area contributed by atoms with Crippen molar-refractivity contribution in [2.45, 2.75) is 19.1 Å². The Kier molecular flexibility index (Phi) is 6.73. The quantitative estimate of drug-likeness (QED) is 0.714. The van der Waals surface area contributed by atoms with Crippen LogP contribution >= 0.6 is 0 Å². The van der Waals surface area contributed by atoms with Crippen LogP contribution in [0.25, 0.3) is 0 Å². The van der Waals surface area contributed by atoms with Crippen molar-refractivity contribution in [3.8, 4) is 11.5 Å². The molecule has 2 amide bonds. The average molecular weight is 356 g/mol. The molecule has 2 N–H and O–H groups in total. The predicted octanol–water partition coefficient (Wildman–Crippen LogP) is 2.73. The van der Waals surface area contributed by atoms with Gasteiger partial charge in [-0.05, 0) is 24.1 Å². The summed E-state index contributed by atoms with van der Waals surface area (Å²) in [6, 6.07) is 17.3. The molecule has 0 saturated carbocycles. The molecule has 1 aliphatic rings. The van der Waals surface area contributed by atoms with Crippen LogP contribution in [0.1, 0.15) is 12.0 Å². The molecule has 2 aromatic rings. The first-order valence-electron chi connectivity index (χ1n) is 8.83. The lowest BCUT2D eigenvalue weighted by Crippen LogP contribution is -2.44. The molecular formula is C20H24N2O4. The summed E-state index contributed by atoms with van der Waals surface area (Å²) in [7, 11) is 0. The predicted molar refractivity (Wildman–Crippen MR) is 98.5 cm³/mol. The lowest BCUT2D eigenvalue weighted by molar-refractivity contribution is 0.0917. The monoisotopic (exact) mass is 356 g/mol. The summed E-state index contributed by atoms with van der Waals surface area (Å²) in [5.41, 5.74) is 1.15. The van der Waals surface area contributed by atoms with Crippen molar-refractivity contribution in [3.63, 3.8) is 0 Å². The normalized spacial score (nSPS) is 15.3. The van der Waals surface area contributed by atoms with Gasteiger partial charge in [0.05, 0.1) is 13.2 Å². The average Bonchev–Trinajstić information content (AvgIpc) is 2.69. The van der Waals surface area contributed by atoms with Crippen LogP contribution in [-0.2, 0) is 11.3 Å². The van der Waals surface area contributed by atoms with Crippen LogP contribution in [0.15, 0.2) is 54.6 Å². The van der Waals surface area contributed by atoms with Crippen molar-refractivity contribution in [1.29, 1.82) is 0 Å². The molecule has 0 spiro atoms. The van der Waals surface area contributed by atoms with E-state index in [1.165, 1.54) is 0 Å². The zero-order valence-electron chi connectivity index (χ0n) is 14.6. The molecule has 0 radical (unpaired) electrons. The van der Waals surface area contributed by atoms with Gasteiger partial charge in [0.2, 0.25) is 0 Å². The summed E-state index contributed by atoms with van der Waals surface area (Å²) >= 11 is 0. The lowest BCUT2D eigenvalue weighted by atomic mass is 10.2. The van der Waals surface area contributed by atoms with Crippen molar-refractivity contribution in [2.24, 2.45) is 0 Å². The van der Waals surface area contributed by atoms with Crippen LogP contribution in [0.2, 0.25) is 0 Å². The molecule has 0 bridgehead atoms. The molecule has 2 aromatic carbocycles. The van der Waals surface area contributed by atoms with Gasteiger partial charge >= 0.3 is 6.03 Å². The second-order valence-corrected chi connectivity index (χ2v) is 6.03. The van der Waals surface area contributed by atoms with Crippen molar-refractivity contribution < 1.29 is 19.0 Å². The highest BCUT2D eigenvalue weighted by Crippen LogP contribution is 2.30. The first-order chi connectivity index (χ1) is 12.8. The molecule has 1 atom stereocenters. The van der Waals surface area contributed by atoms with Crippen LogP contribution in [0.3, 0.4) is 0 Å². The largest absolute Gasteiger partial charge is 0.486 e. The van der Waals surface area contributed by atoms with Gasteiger partial charge in [0, 0.05) is 13.2 Å². The first-order valence-corrected chi connectivity index (χ1v) is 8.83. The van der Waals surface area contributed by atoms with Gasteiger partial charge in [-0.1, -0.05) is 42.5 Å². The smallest absolute Gasteiger partial charge is 0.314 e. The van der Waals surface area contributed by atoms with Crippen molar-refractivity contribution in [1.82, 2.24) is 10.6 Å². The molecule has 0 aromatic heterocycles. The summed E-state index contributed by atoms with van der Waals surface area (Å²) in [6.07, 6.45) is 0.571. The number of urea groups is 1. The number of benzene rings is 2. The Morgan fingerprint density at radius 2 is 1.81 bits per heavy atom. The van der Waals surface area contributed by atoms with Crippen LogP contribution in [0.4, 0.5) is 4.79 Å². The summed E-state index contributed by atoms with van der Waals surface area (Å²) in [4.78, 5) is 11.8. The van der Waals surface area contributed by atoms with E-state index < -0.39 is 0 Å². The van der Waals surface area contributed by atoms with E-state index in [2.05, 4.69) is 10.6 Å². The second kappa shape index (κ2) is 9.68. The van der Waals surface area contributed by atoms with E-state index in [1.54, 1.807) is 0 Å². The van der Waals surface area contributed by atoms with E-state index in [1.807, 2.05) is 54.6 Å². The molecule has 138 valence electrons. The number of nitrogens with one attached hydrogen (secondary N) is 2. The molecule has 0 fully saturated rings. The van der Waals surface area contributed by atoms with Crippen molar-refractivity contribution >= 4 is 6.03 Å². The van der Waals surface area contributed by atoms with E-state index in [0.717, 1.165) is 17.7 Å². The lowest BCUT2D eigenvalue weighted by Gasteiger charge is -2.26. The fourth-order valence-electron chi connectivity index (χ4n) is 2.57. The molecule has 1 heterocycles. The van der Waals surface area contributed by atoms with E-state index in [0.29, 0.717) is 38.7 Å². The van der Waals surface area contributed by atoms with Crippen molar-refractivity contribution in [2.75, 3.05) is 26.3 Å². The maximum atomic E-state index is 11.8.